The van der Waals surface area contributed by atoms with E-state index in [1.54, 1.807) is 19.2 Å². The van der Waals surface area contributed by atoms with E-state index in [9.17, 15) is 4.79 Å². The third-order valence-electron chi connectivity index (χ3n) is 3.81. The van der Waals surface area contributed by atoms with Crippen molar-refractivity contribution in [2.45, 2.75) is 37.6 Å². The molecule has 1 aliphatic rings. The quantitative estimate of drug-likeness (QED) is 0.791. The van der Waals surface area contributed by atoms with Crippen molar-refractivity contribution in [3.8, 4) is 5.75 Å². The minimum Gasteiger partial charge on any atom is -0.495 e. The van der Waals surface area contributed by atoms with E-state index in [0.29, 0.717) is 18.0 Å². The van der Waals surface area contributed by atoms with Gasteiger partial charge in [0.25, 0.3) is 0 Å². The Bertz CT molecular complexity index is 456. The molecule has 0 aromatic heterocycles. The number of carbonyl (C=O) groups is 1. The van der Waals surface area contributed by atoms with Crippen LogP contribution in [-0.4, -0.2) is 25.2 Å². The van der Waals surface area contributed by atoms with Gasteiger partial charge in [0.2, 0.25) is 0 Å². The number of ether oxygens (including phenoxy) is 1. The van der Waals surface area contributed by atoms with Crippen molar-refractivity contribution < 1.29 is 9.53 Å². The summed E-state index contributed by atoms with van der Waals surface area (Å²) in [5.74, 6) is 0.641. The van der Waals surface area contributed by atoms with Gasteiger partial charge in [0.1, 0.15) is 5.75 Å². The molecule has 0 radical (unpaired) electrons. The number of rotatable bonds is 4. The lowest BCUT2D eigenvalue weighted by atomic mass is 9.82. The highest BCUT2D eigenvalue weighted by atomic mass is 16.5. The van der Waals surface area contributed by atoms with Gasteiger partial charge in [0, 0.05) is 12.1 Å². The lowest BCUT2D eigenvalue weighted by molar-refractivity contribution is 0.241. The standard InChI is InChI=1S/C15H23N3O2/c1-20-13-8-4-3-7-12(13)18-14(19)17-11-15(16)9-5-2-6-10-15/h3-4,7-8H,2,5-6,9-11,16H2,1H3,(H2,17,18,19). The maximum Gasteiger partial charge on any atom is 0.319 e. The molecule has 110 valence electrons. The lowest BCUT2D eigenvalue weighted by Gasteiger charge is -2.33. The highest BCUT2D eigenvalue weighted by Gasteiger charge is 2.27. The molecule has 4 N–H and O–H groups in total. The summed E-state index contributed by atoms with van der Waals surface area (Å²) in [7, 11) is 1.58. The maximum atomic E-state index is 11.9. The first kappa shape index (κ1) is 14.7. The van der Waals surface area contributed by atoms with Gasteiger partial charge in [0.05, 0.1) is 12.8 Å². The molecule has 20 heavy (non-hydrogen) atoms. The Labute approximate surface area is 119 Å². The second-order valence-corrected chi connectivity index (χ2v) is 5.43. The molecule has 0 heterocycles. The highest BCUT2D eigenvalue weighted by Crippen LogP contribution is 2.25. The van der Waals surface area contributed by atoms with E-state index in [1.807, 2.05) is 12.1 Å². The largest absolute Gasteiger partial charge is 0.495 e. The van der Waals surface area contributed by atoms with Crippen molar-refractivity contribution in [3.63, 3.8) is 0 Å². The van der Waals surface area contributed by atoms with E-state index >= 15 is 0 Å². The minimum atomic E-state index is -0.254. The summed E-state index contributed by atoms with van der Waals surface area (Å²) in [5.41, 5.74) is 6.69. The normalized spacial score (nSPS) is 17.3. The van der Waals surface area contributed by atoms with Crippen LogP contribution in [0.4, 0.5) is 10.5 Å². The van der Waals surface area contributed by atoms with Crippen molar-refractivity contribution in [2.75, 3.05) is 19.0 Å². The van der Waals surface area contributed by atoms with Gasteiger partial charge in [-0.3, -0.25) is 0 Å². The summed E-state index contributed by atoms with van der Waals surface area (Å²) >= 11 is 0. The van der Waals surface area contributed by atoms with E-state index in [1.165, 1.54) is 6.42 Å². The van der Waals surface area contributed by atoms with Gasteiger partial charge in [-0.05, 0) is 25.0 Å². The highest BCUT2D eigenvalue weighted by molar-refractivity contribution is 5.90. The van der Waals surface area contributed by atoms with Gasteiger partial charge < -0.3 is 21.1 Å². The number of nitrogens with one attached hydrogen (secondary N) is 2. The number of nitrogens with two attached hydrogens (primary N) is 1. The molecule has 5 nitrogen and oxygen atoms in total. The fraction of sp³-hybridized carbons (Fsp3) is 0.533. The van der Waals surface area contributed by atoms with Crippen molar-refractivity contribution in [1.82, 2.24) is 5.32 Å². The van der Waals surface area contributed by atoms with Crippen molar-refractivity contribution in [2.24, 2.45) is 5.73 Å². The van der Waals surface area contributed by atoms with Gasteiger partial charge in [-0.1, -0.05) is 31.4 Å². The molecule has 0 unspecified atom stereocenters. The van der Waals surface area contributed by atoms with Gasteiger partial charge in [0.15, 0.2) is 0 Å². The number of amides is 2. The van der Waals surface area contributed by atoms with Crippen LogP contribution in [0.2, 0.25) is 0 Å². The number of anilines is 1. The van der Waals surface area contributed by atoms with E-state index in [0.717, 1.165) is 25.7 Å². The summed E-state index contributed by atoms with van der Waals surface area (Å²) < 4.78 is 5.19. The predicted molar refractivity (Wildman–Crippen MR) is 80.0 cm³/mol. The Kier molecular flexibility index (Phi) is 4.84. The number of carbonyl (C=O) groups excluding carboxylic acids is 1. The molecule has 1 fully saturated rings. The van der Waals surface area contributed by atoms with E-state index in [2.05, 4.69) is 10.6 Å². The number of hydrogen-bond acceptors (Lipinski definition) is 3. The topological polar surface area (TPSA) is 76.4 Å². The number of para-hydroxylation sites is 2. The van der Waals surface area contributed by atoms with Crippen molar-refractivity contribution in [1.29, 1.82) is 0 Å². The van der Waals surface area contributed by atoms with Crippen LogP contribution in [0.15, 0.2) is 24.3 Å². The second kappa shape index (κ2) is 6.61. The van der Waals surface area contributed by atoms with Crippen LogP contribution in [0.1, 0.15) is 32.1 Å². The fourth-order valence-electron chi connectivity index (χ4n) is 2.60. The van der Waals surface area contributed by atoms with E-state index in [-0.39, 0.29) is 11.6 Å². The Hall–Kier alpha value is -1.75. The molecular formula is C15H23N3O2. The molecule has 1 aliphatic carbocycles. The van der Waals surface area contributed by atoms with Gasteiger partial charge in [-0.15, -0.1) is 0 Å². The van der Waals surface area contributed by atoms with Gasteiger partial charge in [-0.25, -0.2) is 4.79 Å². The average Bonchev–Trinajstić information content (AvgIpc) is 2.47. The Morgan fingerprint density at radius 3 is 2.70 bits per heavy atom. The third kappa shape index (κ3) is 3.87. The molecule has 5 heteroatoms. The van der Waals surface area contributed by atoms with Crippen LogP contribution >= 0.6 is 0 Å². The molecule has 1 saturated carbocycles. The van der Waals surface area contributed by atoms with Crippen LogP contribution in [0, 0.1) is 0 Å². The average molecular weight is 277 g/mol. The van der Waals surface area contributed by atoms with Crippen LogP contribution in [0.25, 0.3) is 0 Å². The molecule has 1 aromatic carbocycles. The number of benzene rings is 1. The van der Waals surface area contributed by atoms with Crippen LogP contribution in [0.3, 0.4) is 0 Å². The number of methoxy groups -OCH3 is 1. The van der Waals surface area contributed by atoms with Crippen LogP contribution in [0.5, 0.6) is 5.75 Å². The smallest absolute Gasteiger partial charge is 0.319 e. The molecule has 0 aliphatic heterocycles. The first-order valence-electron chi connectivity index (χ1n) is 7.10. The predicted octanol–water partition coefficient (Wildman–Crippen LogP) is 2.48. The maximum absolute atomic E-state index is 11.9. The second-order valence-electron chi connectivity index (χ2n) is 5.43. The molecular weight excluding hydrogens is 254 g/mol. The minimum absolute atomic E-state index is 0.245. The summed E-state index contributed by atoms with van der Waals surface area (Å²) in [5, 5.41) is 5.65. The molecule has 2 amide bonds. The van der Waals surface area contributed by atoms with E-state index < -0.39 is 0 Å². The van der Waals surface area contributed by atoms with Crippen molar-refractivity contribution >= 4 is 11.7 Å². The van der Waals surface area contributed by atoms with Crippen LogP contribution in [-0.2, 0) is 0 Å². The van der Waals surface area contributed by atoms with Gasteiger partial charge in [-0.2, -0.15) is 0 Å². The number of hydrogen-bond donors (Lipinski definition) is 3. The third-order valence-corrected chi connectivity index (χ3v) is 3.81. The SMILES string of the molecule is COc1ccccc1NC(=O)NCC1(N)CCCCC1. The summed E-state index contributed by atoms with van der Waals surface area (Å²) in [4.78, 5) is 11.9. The molecule has 2 rings (SSSR count). The molecule has 0 atom stereocenters. The molecule has 0 spiro atoms. The lowest BCUT2D eigenvalue weighted by Crippen LogP contribution is -2.52. The summed E-state index contributed by atoms with van der Waals surface area (Å²) in [6.07, 6.45) is 5.48. The van der Waals surface area contributed by atoms with Crippen LogP contribution < -0.4 is 21.1 Å². The monoisotopic (exact) mass is 277 g/mol. The summed E-state index contributed by atoms with van der Waals surface area (Å²) in [6, 6.07) is 7.07. The van der Waals surface area contributed by atoms with E-state index in [4.69, 9.17) is 10.5 Å². The summed E-state index contributed by atoms with van der Waals surface area (Å²) in [6.45, 7) is 0.508. The molecule has 0 bridgehead atoms. The number of urea groups is 1. The zero-order valence-electron chi connectivity index (χ0n) is 11.9. The molecule has 0 saturated heterocycles. The van der Waals surface area contributed by atoms with Crippen molar-refractivity contribution in [3.05, 3.63) is 24.3 Å². The Balaban J connectivity index is 1.86. The first-order chi connectivity index (χ1) is 9.63. The Morgan fingerprint density at radius 1 is 1.30 bits per heavy atom. The zero-order valence-corrected chi connectivity index (χ0v) is 11.9. The Morgan fingerprint density at radius 2 is 2.00 bits per heavy atom. The molecule has 1 aromatic rings. The fourth-order valence-corrected chi connectivity index (χ4v) is 2.60. The first-order valence-corrected chi connectivity index (χ1v) is 7.10. The zero-order chi connectivity index (χ0) is 14.4. The van der Waals surface area contributed by atoms with Gasteiger partial charge >= 0.3 is 6.03 Å².